The van der Waals surface area contributed by atoms with Gasteiger partial charge >= 0.3 is 35.5 Å². The number of ether oxygens (including phenoxy) is 3. The van der Waals surface area contributed by atoms with Crippen molar-refractivity contribution in [1.82, 2.24) is 29.5 Å². The zero-order chi connectivity index (χ0) is 39.5. The van der Waals surface area contributed by atoms with Crippen molar-refractivity contribution in [2.75, 3.05) is 38.6 Å². The van der Waals surface area contributed by atoms with Crippen LogP contribution in [0, 0.1) is 25.7 Å². The second-order valence-electron chi connectivity index (χ2n) is 14.2. The normalized spacial score (nSPS) is 17.9. The van der Waals surface area contributed by atoms with Gasteiger partial charge in [0.2, 0.25) is 0 Å². The summed E-state index contributed by atoms with van der Waals surface area (Å²) < 4.78 is 19.5. The molecule has 15 nitrogen and oxygen atoms in total. The van der Waals surface area contributed by atoms with E-state index in [1.54, 1.807) is 44.6 Å². The number of rotatable bonds is 10. The van der Waals surface area contributed by atoms with Gasteiger partial charge in [0, 0.05) is 61.7 Å². The van der Waals surface area contributed by atoms with Crippen molar-refractivity contribution in [3.63, 3.8) is 0 Å². The monoisotopic (exact) mass is 795 g/mol. The molecule has 4 aromatic heterocycles. The average molecular weight is 796 g/mol. The molecule has 0 spiro atoms. The number of aliphatic hydroxyl groups is 1. The van der Waals surface area contributed by atoms with Gasteiger partial charge in [-0.3, -0.25) is 23.7 Å². The summed E-state index contributed by atoms with van der Waals surface area (Å²) in [6, 6.07) is 18.4. The van der Waals surface area contributed by atoms with Crippen LogP contribution in [0.2, 0.25) is 0 Å². The van der Waals surface area contributed by atoms with E-state index in [0.29, 0.717) is 59.1 Å². The minimum atomic E-state index is -0.307. The van der Waals surface area contributed by atoms with Crippen molar-refractivity contribution in [1.29, 1.82) is 0 Å². The predicted octanol–water partition coefficient (Wildman–Crippen LogP) is 2.80. The minimum absolute atomic E-state index is 0. The summed E-state index contributed by atoms with van der Waals surface area (Å²) in [5.41, 5.74) is 4.96. The third-order valence-corrected chi connectivity index (χ3v) is 10.3. The number of carbonyl (C=O) groups excluding carboxylic acids is 3. The number of fused-ring (bicyclic) bond motifs is 2. The first kappa shape index (κ1) is 43.8. The van der Waals surface area contributed by atoms with Gasteiger partial charge in [-0.2, -0.15) is 10.2 Å². The maximum atomic E-state index is 12.6. The summed E-state index contributed by atoms with van der Waals surface area (Å²) in [6.07, 6.45) is 7.19. The third-order valence-electron chi connectivity index (χ3n) is 10.3. The predicted molar refractivity (Wildman–Crippen MR) is 216 cm³/mol. The number of pyridine rings is 2. The van der Waals surface area contributed by atoms with Crippen molar-refractivity contribution in [3.05, 3.63) is 95.8 Å². The van der Waals surface area contributed by atoms with Crippen LogP contribution in [0.5, 0.6) is 11.5 Å². The fourth-order valence-corrected chi connectivity index (χ4v) is 6.99. The zero-order valence-corrected chi connectivity index (χ0v) is 35.4. The Morgan fingerprint density at radius 3 is 1.59 bits per heavy atom. The Kier molecular flexibility index (Phi) is 14.3. The molecule has 2 aromatic carbocycles. The number of benzene rings is 2. The van der Waals surface area contributed by atoms with E-state index in [4.69, 9.17) is 14.2 Å². The average Bonchev–Trinajstić information content (AvgIpc) is 3.76. The van der Waals surface area contributed by atoms with Crippen LogP contribution in [0.4, 0.5) is 11.4 Å². The van der Waals surface area contributed by atoms with Gasteiger partial charge < -0.3 is 31.4 Å². The van der Waals surface area contributed by atoms with Crippen LogP contribution >= 0.6 is 0 Å². The molecule has 0 unspecified atom stereocenters. The fourth-order valence-electron chi connectivity index (χ4n) is 6.99. The number of nitrogens with zero attached hydrogens (tertiary/aromatic N) is 6. The number of aryl methyl sites for hydroxylation is 2. The van der Waals surface area contributed by atoms with Crippen molar-refractivity contribution in [2.45, 2.75) is 51.6 Å². The Balaban J connectivity index is 0.000000249. The van der Waals surface area contributed by atoms with Gasteiger partial charge in [-0.25, -0.2) is 9.97 Å². The van der Waals surface area contributed by atoms with E-state index >= 15 is 0 Å². The molecule has 3 N–H and O–H groups in total. The molecule has 2 saturated carbocycles. The summed E-state index contributed by atoms with van der Waals surface area (Å²) in [5, 5.41) is 26.0. The molecule has 0 aliphatic heterocycles. The number of aromatic nitrogens is 6. The molecule has 2 amide bonds. The molecule has 295 valence electrons. The maximum absolute atomic E-state index is 12.6. The second-order valence-corrected chi connectivity index (χ2v) is 14.2. The van der Waals surface area contributed by atoms with Crippen LogP contribution in [0.3, 0.4) is 0 Å². The van der Waals surface area contributed by atoms with Crippen molar-refractivity contribution in [2.24, 2.45) is 11.8 Å². The first-order chi connectivity index (χ1) is 27.0. The number of methoxy groups -OCH3 is 3. The van der Waals surface area contributed by atoms with Gasteiger partial charge in [0.1, 0.15) is 22.9 Å². The summed E-state index contributed by atoms with van der Waals surface area (Å²) in [6.45, 7) is 3.91. The Bertz CT molecular complexity index is 2430. The van der Waals surface area contributed by atoms with Crippen molar-refractivity contribution < 1.29 is 64.7 Å². The largest absolute Gasteiger partial charge is 1.00 e. The van der Waals surface area contributed by atoms with Gasteiger partial charge in [-0.15, -0.1) is 0 Å². The summed E-state index contributed by atoms with van der Waals surface area (Å²) in [4.78, 5) is 45.2. The summed E-state index contributed by atoms with van der Waals surface area (Å²) >= 11 is 0. The molecule has 2 aliphatic carbocycles. The standard InChI is InChI=1S/C21H22N4O4.C20H22N4O3.B.Na.H/c1-12-5-4-6-16(22-12)20(26)23-18-9-14-11-25(24-17(14)10-19(18)28-2)15-7-13(8-15)21(27)29-3;1-12-4-3-5-16(21-12)20(26)22-18-8-14-10-24(15-6-13(7-15)11-25)23-17(14)9-19(18)27-2;;;/h4-6,9-11,13,15H,7-8H2,1-3H3,(H,23,26);3-5,8-10,13,15,25H,6-7,11H2,1-2H3,(H,22,26);;;/q;;;+1;-1. The van der Waals surface area contributed by atoms with Gasteiger partial charge in [0.05, 0.1) is 61.7 Å². The number of carbonyl (C=O) groups is 3. The molecule has 0 saturated heterocycles. The molecule has 3 radical (unpaired) electrons. The second kappa shape index (κ2) is 19.0. The van der Waals surface area contributed by atoms with E-state index in [-0.39, 0.29) is 75.7 Å². The van der Waals surface area contributed by atoms with Crippen LogP contribution in [0.1, 0.15) is 71.6 Å². The quantitative estimate of drug-likeness (QED) is 0.137. The van der Waals surface area contributed by atoms with Gasteiger partial charge in [-0.1, -0.05) is 12.1 Å². The minimum Gasteiger partial charge on any atom is -1.00 e. The smallest absolute Gasteiger partial charge is 1.00 e. The number of hydrogen-bond acceptors (Lipinski definition) is 11. The SMILES string of the molecule is COC(=O)C1CC(n2cc3cc(NC(=O)c4cccc(C)n4)c(OC)cc3n2)C1.COc1cc2nn(C3CC(CO)C3)cc2cc1NC(=O)c1cccc(C)n1.[B].[H-].[Na+]. The summed E-state index contributed by atoms with van der Waals surface area (Å²) in [5.74, 6) is 0.610. The Morgan fingerprint density at radius 1 is 0.741 bits per heavy atom. The maximum Gasteiger partial charge on any atom is 1.00 e. The van der Waals surface area contributed by atoms with Crippen molar-refractivity contribution >= 4 is 59.4 Å². The van der Waals surface area contributed by atoms with Crippen LogP contribution in [0.15, 0.2) is 73.1 Å². The molecule has 17 heteroatoms. The Morgan fingerprint density at radius 2 is 1.19 bits per heavy atom. The summed E-state index contributed by atoms with van der Waals surface area (Å²) in [7, 11) is 4.52. The first-order valence-electron chi connectivity index (χ1n) is 18.4. The molecule has 8 rings (SSSR count). The van der Waals surface area contributed by atoms with Crippen LogP contribution in [0.25, 0.3) is 21.8 Å². The van der Waals surface area contributed by atoms with E-state index in [1.807, 2.05) is 65.9 Å². The van der Waals surface area contributed by atoms with E-state index in [2.05, 4.69) is 30.8 Å². The Hall–Kier alpha value is -5.29. The molecule has 58 heavy (non-hydrogen) atoms. The third kappa shape index (κ3) is 9.53. The molecule has 2 aliphatic rings. The number of anilines is 2. The first-order valence-corrected chi connectivity index (χ1v) is 18.4. The van der Waals surface area contributed by atoms with Crippen LogP contribution in [-0.2, 0) is 9.53 Å². The number of amides is 2. The molecule has 4 heterocycles. The van der Waals surface area contributed by atoms with E-state index in [0.717, 1.165) is 46.0 Å². The molecule has 6 aromatic rings. The van der Waals surface area contributed by atoms with E-state index in [9.17, 15) is 19.5 Å². The number of nitrogens with one attached hydrogen (secondary N) is 2. The topological polar surface area (TPSA) is 185 Å². The van der Waals surface area contributed by atoms with E-state index < -0.39 is 0 Å². The van der Waals surface area contributed by atoms with E-state index in [1.165, 1.54) is 7.11 Å². The molecular weight excluding hydrogens is 750 g/mol. The number of hydrogen-bond donors (Lipinski definition) is 3. The molecule has 0 bridgehead atoms. The molecule has 2 fully saturated rings. The van der Waals surface area contributed by atoms with Gasteiger partial charge in [-0.05, 0) is 81.8 Å². The number of esters is 1. The molecule has 0 atom stereocenters. The van der Waals surface area contributed by atoms with Crippen LogP contribution in [-0.4, -0.2) is 88.8 Å². The zero-order valence-electron chi connectivity index (χ0n) is 34.4. The van der Waals surface area contributed by atoms with Gasteiger partial charge in [0.25, 0.3) is 11.8 Å². The Labute approximate surface area is 361 Å². The van der Waals surface area contributed by atoms with Crippen molar-refractivity contribution in [3.8, 4) is 11.5 Å². The fraction of sp³-hybridized carbons (Fsp3) is 0.341. The van der Waals surface area contributed by atoms with Crippen LogP contribution < -0.4 is 49.7 Å². The van der Waals surface area contributed by atoms with Gasteiger partial charge in [0.15, 0.2) is 0 Å². The molecular formula is C41H45BN8NaO7. The number of aliphatic hydroxyl groups excluding tert-OH is 1.